The van der Waals surface area contributed by atoms with E-state index in [-0.39, 0.29) is 0 Å². The number of aromatic amines is 1. The zero-order chi connectivity index (χ0) is 20.3. The molecule has 3 aromatic heterocycles. The number of nitrogens with zero attached hydrogens (tertiary/aromatic N) is 4. The summed E-state index contributed by atoms with van der Waals surface area (Å²) in [6.45, 7) is 0.539. The quantitative estimate of drug-likeness (QED) is 0.436. The summed E-state index contributed by atoms with van der Waals surface area (Å²) in [4.78, 5) is 16.3. The smallest absolute Gasteiger partial charge is 0.144 e. The zero-order valence-corrected chi connectivity index (χ0v) is 16.4. The first-order chi connectivity index (χ1) is 14.8. The minimum absolute atomic E-state index is 0.539. The van der Waals surface area contributed by atoms with Crippen molar-refractivity contribution in [3.63, 3.8) is 0 Å². The Labute approximate surface area is 173 Å². The average Bonchev–Trinajstić information content (AvgIpc) is 3.40. The maximum atomic E-state index is 5.87. The highest BCUT2D eigenvalue weighted by atomic mass is 16.5. The van der Waals surface area contributed by atoms with Gasteiger partial charge in [-0.15, -0.1) is 0 Å². The summed E-state index contributed by atoms with van der Waals surface area (Å²) in [6.07, 6.45) is 7.09. The van der Waals surface area contributed by atoms with Crippen molar-refractivity contribution < 1.29 is 4.74 Å². The van der Waals surface area contributed by atoms with Crippen LogP contribution in [0.4, 0.5) is 11.5 Å². The lowest BCUT2D eigenvalue weighted by Gasteiger charge is -2.10. The van der Waals surface area contributed by atoms with Gasteiger partial charge < -0.3 is 19.6 Å². The van der Waals surface area contributed by atoms with Crippen molar-refractivity contribution in [2.75, 3.05) is 5.32 Å². The number of ether oxygens (including phenoxy) is 1. The molecule has 0 saturated heterocycles. The van der Waals surface area contributed by atoms with Crippen molar-refractivity contribution in [2.24, 2.45) is 7.05 Å². The van der Waals surface area contributed by atoms with Gasteiger partial charge in [-0.1, -0.05) is 30.3 Å². The Kier molecular flexibility index (Phi) is 4.61. The van der Waals surface area contributed by atoms with Gasteiger partial charge in [0.1, 0.15) is 30.1 Å². The van der Waals surface area contributed by atoms with Crippen LogP contribution in [0.3, 0.4) is 0 Å². The molecule has 0 bridgehead atoms. The molecule has 5 rings (SSSR count). The molecule has 2 N–H and O–H groups in total. The van der Waals surface area contributed by atoms with Gasteiger partial charge in [-0.25, -0.2) is 15.0 Å². The van der Waals surface area contributed by atoms with Crippen molar-refractivity contribution in [1.29, 1.82) is 0 Å². The molecule has 0 spiro atoms. The molecule has 0 fully saturated rings. The molecule has 0 unspecified atom stereocenters. The van der Waals surface area contributed by atoms with E-state index in [2.05, 4.69) is 25.3 Å². The third-order valence-corrected chi connectivity index (χ3v) is 4.93. The van der Waals surface area contributed by atoms with Crippen molar-refractivity contribution >= 4 is 22.5 Å². The number of hydrogen-bond acceptors (Lipinski definition) is 5. The number of nitrogens with one attached hydrogen (secondary N) is 2. The predicted molar refractivity (Wildman–Crippen MR) is 117 cm³/mol. The number of fused-ring (bicyclic) bond motifs is 1. The summed E-state index contributed by atoms with van der Waals surface area (Å²) in [5, 5.41) is 4.32. The molecule has 148 valence electrons. The van der Waals surface area contributed by atoms with Gasteiger partial charge >= 0.3 is 0 Å². The maximum Gasteiger partial charge on any atom is 0.144 e. The molecule has 7 heteroatoms. The lowest BCUT2D eigenvalue weighted by Crippen LogP contribution is -1.98. The van der Waals surface area contributed by atoms with Crippen LogP contribution in [-0.4, -0.2) is 24.5 Å². The number of aromatic nitrogens is 5. The van der Waals surface area contributed by atoms with Gasteiger partial charge in [0.05, 0.1) is 23.6 Å². The van der Waals surface area contributed by atoms with E-state index in [9.17, 15) is 0 Å². The molecule has 0 radical (unpaired) electrons. The Morgan fingerprint density at radius 2 is 1.87 bits per heavy atom. The fraction of sp³-hybridized carbons (Fsp3) is 0.0870. The van der Waals surface area contributed by atoms with E-state index < -0.39 is 0 Å². The minimum atomic E-state index is 0.539. The molecular weight excluding hydrogens is 376 g/mol. The lowest BCUT2D eigenvalue weighted by atomic mass is 10.1. The topological polar surface area (TPSA) is 80.7 Å². The molecule has 3 heterocycles. The van der Waals surface area contributed by atoms with Crippen LogP contribution in [0.15, 0.2) is 79.6 Å². The van der Waals surface area contributed by atoms with E-state index in [4.69, 9.17) is 4.74 Å². The minimum Gasteiger partial charge on any atom is -0.489 e. The monoisotopic (exact) mass is 396 g/mol. The largest absolute Gasteiger partial charge is 0.489 e. The van der Waals surface area contributed by atoms with Crippen LogP contribution in [0.5, 0.6) is 5.75 Å². The normalized spacial score (nSPS) is 11.0. The summed E-state index contributed by atoms with van der Waals surface area (Å²) < 4.78 is 7.84. The van der Waals surface area contributed by atoms with Crippen LogP contribution in [0.25, 0.3) is 22.3 Å². The molecule has 0 saturated carbocycles. The standard InChI is InChI=1S/C23H20N6O/c1-29-15-24-12-20(29)19-11-25-22-21(19)23(27-14-26-22)28-17-7-9-18(10-8-17)30-13-16-5-3-2-4-6-16/h2-12,14-15H,13H2,1H3,(H2,25,26,27,28). The van der Waals surface area contributed by atoms with Gasteiger partial charge in [-0.05, 0) is 29.8 Å². The second-order valence-electron chi connectivity index (χ2n) is 6.96. The van der Waals surface area contributed by atoms with Crippen molar-refractivity contribution in [3.8, 4) is 17.0 Å². The highest BCUT2D eigenvalue weighted by Gasteiger charge is 2.15. The molecule has 7 nitrogen and oxygen atoms in total. The van der Waals surface area contributed by atoms with Crippen LogP contribution < -0.4 is 10.1 Å². The highest BCUT2D eigenvalue weighted by molar-refractivity contribution is 6.01. The van der Waals surface area contributed by atoms with E-state index in [1.54, 1.807) is 12.7 Å². The molecule has 2 aromatic carbocycles. The second kappa shape index (κ2) is 7.71. The Morgan fingerprint density at radius 1 is 1.03 bits per heavy atom. The maximum absolute atomic E-state index is 5.87. The van der Waals surface area contributed by atoms with E-state index in [1.807, 2.05) is 78.6 Å². The Hall–Kier alpha value is -4.13. The molecule has 0 atom stereocenters. The number of H-pyrrole nitrogens is 1. The number of aryl methyl sites for hydroxylation is 1. The van der Waals surface area contributed by atoms with Crippen LogP contribution >= 0.6 is 0 Å². The lowest BCUT2D eigenvalue weighted by molar-refractivity contribution is 0.306. The van der Waals surface area contributed by atoms with Gasteiger partial charge in [-0.2, -0.15) is 0 Å². The second-order valence-corrected chi connectivity index (χ2v) is 6.96. The van der Waals surface area contributed by atoms with Crippen LogP contribution in [0.2, 0.25) is 0 Å². The molecule has 0 aliphatic carbocycles. The third kappa shape index (κ3) is 3.48. The molecule has 5 aromatic rings. The fourth-order valence-electron chi connectivity index (χ4n) is 3.39. The Balaban J connectivity index is 1.38. The average molecular weight is 396 g/mol. The Bertz CT molecular complexity index is 1270. The number of benzene rings is 2. The van der Waals surface area contributed by atoms with Crippen molar-refractivity contribution in [2.45, 2.75) is 6.61 Å². The van der Waals surface area contributed by atoms with Gasteiger partial charge in [-0.3, -0.25) is 0 Å². The molecular formula is C23H20N6O. The van der Waals surface area contributed by atoms with Gasteiger partial charge in [0.15, 0.2) is 0 Å². The summed E-state index contributed by atoms with van der Waals surface area (Å²) in [5.74, 6) is 1.55. The first kappa shape index (κ1) is 17.9. The summed E-state index contributed by atoms with van der Waals surface area (Å²) in [5.41, 5.74) is 4.81. The first-order valence-electron chi connectivity index (χ1n) is 9.60. The van der Waals surface area contributed by atoms with Gasteiger partial charge in [0.25, 0.3) is 0 Å². The predicted octanol–water partition coefficient (Wildman–Crippen LogP) is 4.68. The number of anilines is 2. The summed E-state index contributed by atoms with van der Waals surface area (Å²) in [6, 6.07) is 18.0. The molecule has 0 aliphatic heterocycles. The van der Waals surface area contributed by atoms with Gasteiger partial charge in [0, 0.05) is 24.5 Å². The number of rotatable bonds is 6. The first-order valence-corrected chi connectivity index (χ1v) is 9.60. The summed E-state index contributed by atoms with van der Waals surface area (Å²) in [7, 11) is 1.96. The zero-order valence-electron chi connectivity index (χ0n) is 16.4. The fourth-order valence-corrected chi connectivity index (χ4v) is 3.39. The van der Waals surface area contributed by atoms with Crippen LogP contribution in [0.1, 0.15) is 5.56 Å². The number of hydrogen-bond donors (Lipinski definition) is 2. The van der Waals surface area contributed by atoms with Gasteiger partial charge in [0.2, 0.25) is 0 Å². The SMILES string of the molecule is Cn1cncc1-c1c[nH]c2ncnc(Nc3ccc(OCc4ccccc4)cc3)c12. The van der Waals surface area contributed by atoms with Crippen molar-refractivity contribution in [3.05, 3.63) is 85.2 Å². The van der Waals surface area contributed by atoms with E-state index in [1.165, 1.54) is 0 Å². The number of imidazole rings is 1. The Morgan fingerprint density at radius 3 is 2.63 bits per heavy atom. The van der Waals surface area contributed by atoms with Crippen LogP contribution in [0, 0.1) is 0 Å². The third-order valence-electron chi connectivity index (χ3n) is 4.93. The van der Waals surface area contributed by atoms with E-state index >= 15 is 0 Å². The van der Waals surface area contributed by atoms with E-state index in [0.29, 0.717) is 6.61 Å². The molecule has 0 aliphatic rings. The molecule has 0 amide bonds. The van der Waals surface area contributed by atoms with Crippen LogP contribution in [-0.2, 0) is 13.7 Å². The summed E-state index contributed by atoms with van der Waals surface area (Å²) >= 11 is 0. The molecule has 30 heavy (non-hydrogen) atoms. The van der Waals surface area contributed by atoms with E-state index in [0.717, 1.165) is 45.1 Å². The van der Waals surface area contributed by atoms with Crippen molar-refractivity contribution in [1.82, 2.24) is 24.5 Å². The highest BCUT2D eigenvalue weighted by Crippen LogP contribution is 2.33.